The van der Waals surface area contributed by atoms with Crippen molar-refractivity contribution in [1.82, 2.24) is 5.32 Å². The Labute approximate surface area is 125 Å². The fourth-order valence-corrected chi connectivity index (χ4v) is 3.39. The molecule has 1 N–H and O–H groups in total. The standard InChI is InChI=1S/C19H20N2/c1-13-2-4-15-12-18-9-14(10-19-20-6-7-21-19)3-5-16(18)11-17(15)8-13/h2-5,8-9H,6-7,10-12H2,1H3,(H,20,21). The predicted octanol–water partition coefficient (Wildman–Crippen LogP) is 3.03. The minimum Gasteiger partial charge on any atom is -0.372 e. The highest BCUT2D eigenvalue weighted by atomic mass is 15.1. The molecular weight excluding hydrogens is 256 g/mol. The van der Waals surface area contributed by atoms with E-state index in [0.717, 1.165) is 38.2 Å². The lowest BCUT2D eigenvalue weighted by atomic mass is 9.84. The number of fused-ring (bicyclic) bond motifs is 2. The molecule has 1 aliphatic carbocycles. The van der Waals surface area contributed by atoms with Gasteiger partial charge in [0.15, 0.2) is 0 Å². The Morgan fingerprint density at radius 3 is 2.48 bits per heavy atom. The highest BCUT2D eigenvalue weighted by Crippen LogP contribution is 2.28. The molecule has 0 fully saturated rings. The number of nitrogens with zero attached hydrogens (tertiary/aromatic N) is 1. The van der Waals surface area contributed by atoms with Crippen LogP contribution in [0, 0.1) is 6.92 Å². The second kappa shape index (κ2) is 5.03. The van der Waals surface area contributed by atoms with Crippen molar-refractivity contribution in [3.05, 3.63) is 69.8 Å². The van der Waals surface area contributed by atoms with E-state index in [9.17, 15) is 0 Å². The highest BCUT2D eigenvalue weighted by molar-refractivity contribution is 5.85. The lowest BCUT2D eigenvalue weighted by Gasteiger charge is -2.21. The molecule has 2 heteroatoms. The Bertz CT molecular complexity index is 728. The number of hydrogen-bond donors (Lipinski definition) is 1. The van der Waals surface area contributed by atoms with E-state index in [-0.39, 0.29) is 0 Å². The average molecular weight is 276 g/mol. The van der Waals surface area contributed by atoms with Crippen LogP contribution in [-0.2, 0) is 19.3 Å². The van der Waals surface area contributed by atoms with Crippen molar-refractivity contribution in [2.24, 2.45) is 4.99 Å². The quantitative estimate of drug-likeness (QED) is 0.764. The first-order chi connectivity index (χ1) is 10.3. The van der Waals surface area contributed by atoms with Gasteiger partial charge in [0.2, 0.25) is 0 Å². The Balaban J connectivity index is 1.62. The van der Waals surface area contributed by atoms with E-state index in [1.807, 2.05) is 0 Å². The van der Waals surface area contributed by atoms with Crippen molar-refractivity contribution in [3.8, 4) is 0 Å². The third-order valence-electron chi connectivity index (χ3n) is 4.51. The lowest BCUT2D eigenvalue weighted by molar-refractivity contribution is 0.951. The molecule has 1 aliphatic heterocycles. The van der Waals surface area contributed by atoms with E-state index < -0.39 is 0 Å². The van der Waals surface area contributed by atoms with Crippen molar-refractivity contribution < 1.29 is 0 Å². The molecule has 0 aromatic heterocycles. The molecular formula is C19H20N2. The summed E-state index contributed by atoms with van der Waals surface area (Å²) in [4.78, 5) is 4.49. The van der Waals surface area contributed by atoms with Gasteiger partial charge in [0, 0.05) is 13.0 Å². The van der Waals surface area contributed by atoms with Gasteiger partial charge in [-0.15, -0.1) is 0 Å². The molecule has 0 unspecified atom stereocenters. The van der Waals surface area contributed by atoms with Crippen LogP contribution in [0.2, 0.25) is 0 Å². The molecule has 0 atom stereocenters. The lowest BCUT2D eigenvalue weighted by Crippen LogP contribution is -2.20. The van der Waals surface area contributed by atoms with Crippen LogP contribution in [0.25, 0.3) is 0 Å². The molecule has 0 saturated heterocycles. The first-order valence-electron chi connectivity index (χ1n) is 7.74. The maximum atomic E-state index is 4.49. The van der Waals surface area contributed by atoms with Crippen LogP contribution in [0.15, 0.2) is 41.4 Å². The average Bonchev–Trinajstić information content (AvgIpc) is 2.98. The smallest absolute Gasteiger partial charge is 0.101 e. The number of aryl methyl sites for hydroxylation is 1. The maximum Gasteiger partial charge on any atom is 0.101 e. The highest BCUT2D eigenvalue weighted by Gasteiger charge is 2.16. The molecule has 0 saturated carbocycles. The fourth-order valence-electron chi connectivity index (χ4n) is 3.39. The van der Waals surface area contributed by atoms with Crippen molar-refractivity contribution in [2.45, 2.75) is 26.2 Å². The van der Waals surface area contributed by atoms with Gasteiger partial charge in [-0.1, -0.05) is 42.0 Å². The first-order valence-corrected chi connectivity index (χ1v) is 7.74. The van der Waals surface area contributed by atoms with Gasteiger partial charge < -0.3 is 5.32 Å². The predicted molar refractivity (Wildman–Crippen MR) is 87.2 cm³/mol. The molecule has 4 rings (SSSR count). The van der Waals surface area contributed by atoms with Gasteiger partial charge in [0.1, 0.15) is 5.84 Å². The molecule has 0 radical (unpaired) electrons. The number of amidine groups is 1. The molecule has 21 heavy (non-hydrogen) atoms. The molecule has 1 heterocycles. The van der Waals surface area contributed by atoms with Gasteiger partial charge in [-0.2, -0.15) is 0 Å². The van der Waals surface area contributed by atoms with Gasteiger partial charge in [0.25, 0.3) is 0 Å². The Hall–Kier alpha value is -2.09. The summed E-state index contributed by atoms with van der Waals surface area (Å²) in [6, 6.07) is 13.8. The van der Waals surface area contributed by atoms with E-state index in [0.29, 0.717) is 0 Å². The summed E-state index contributed by atoms with van der Waals surface area (Å²) in [7, 11) is 0. The van der Waals surface area contributed by atoms with Crippen LogP contribution in [0.3, 0.4) is 0 Å². The summed E-state index contributed by atoms with van der Waals surface area (Å²) in [6.45, 7) is 4.09. The van der Waals surface area contributed by atoms with Gasteiger partial charge in [-0.05, 0) is 47.6 Å². The number of benzene rings is 2. The fraction of sp³-hybridized carbons (Fsp3) is 0.316. The normalized spacial score (nSPS) is 16.0. The van der Waals surface area contributed by atoms with E-state index in [1.165, 1.54) is 33.4 Å². The third-order valence-corrected chi connectivity index (χ3v) is 4.51. The Morgan fingerprint density at radius 1 is 0.952 bits per heavy atom. The number of aliphatic imine (C=N–C) groups is 1. The zero-order chi connectivity index (χ0) is 14.2. The van der Waals surface area contributed by atoms with Gasteiger partial charge in [0.05, 0.1) is 6.54 Å². The van der Waals surface area contributed by atoms with Crippen molar-refractivity contribution in [3.63, 3.8) is 0 Å². The largest absolute Gasteiger partial charge is 0.372 e. The van der Waals surface area contributed by atoms with Gasteiger partial charge in [-0.3, -0.25) is 4.99 Å². The van der Waals surface area contributed by atoms with Crippen molar-refractivity contribution in [1.29, 1.82) is 0 Å². The molecule has 2 aromatic carbocycles. The Morgan fingerprint density at radius 2 is 1.71 bits per heavy atom. The summed E-state index contributed by atoms with van der Waals surface area (Å²) in [5.41, 5.74) is 8.69. The molecule has 0 spiro atoms. The minimum absolute atomic E-state index is 0.924. The van der Waals surface area contributed by atoms with E-state index in [2.05, 4.69) is 53.6 Å². The van der Waals surface area contributed by atoms with Crippen LogP contribution in [0.5, 0.6) is 0 Å². The molecule has 2 nitrogen and oxygen atoms in total. The van der Waals surface area contributed by atoms with Crippen LogP contribution >= 0.6 is 0 Å². The minimum atomic E-state index is 0.924. The molecule has 106 valence electrons. The molecule has 2 aliphatic rings. The molecule has 2 aromatic rings. The topological polar surface area (TPSA) is 24.4 Å². The summed E-state index contributed by atoms with van der Waals surface area (Å²) in [6.07, 6.45) is 3.08. The number of nitrogens with one attached hydrogen (secondary N) is 1. The van der Waals surface area contributed by atoms with Crippen molar-refractivity contribution >= 4 is 5.84 Å². The number of hydrogen-bond acceptors (Lipinski definition) is 2. The van der Waals surface area contributed by atoms with Crippen LogP contribution in [0.1, 0.15) is 33.4 Å². The summed E-state index contributed by atoms with van der Waals surface area (Å²) in [5.74, 6) is 1.14. The van der Waals surface area contributed by atoms with E-state index in [1.54, 1.807) is 0 Å². The van der Waals surface area contributed by atoms with Gasteiger partial charge >= 0.3 is 0 Å². The maximum absolute atomic E-state index is 4.49. The zero-order valence-corrected chi connectivity index (χ0v) is 12.4. The summed E-state index contributed by atoms with van der Waals surface area (Å²) in [5, 5.41) is 3.36. The molecule has 0 bridgehead atoms. The second-order valence-corrected chi connectivity index (χ2v) is 6.16. The van der Waals surface area contributed by atoms with Crippen LogP contribution < -0.4 is 5.32 Å². The van der Waals surface area contributed by atoms with Gasteiger partial charge in [-0.25, -0.2) is 0 Å². The number of rotatable bonds is 2. The first kappa shape index (κ1) is 12.6. The van der Waals surface area contributed by atoms with E-state index in [4.69, 9.17) is 0 Å². The van der Waals surface area contributed by atoms with E-state index >= 15 is 0 Å². The summed E-state index contributed by atoms with van der Waals surface area (Å²) < 4.78 is 0. The monoisotopic (exact) mass is 276 g/mol. The SMILES string of the molecule is Cc1ccc2c(c1)Cc1ccc(CC3=NCCN3)cc1C2. The Kier molecular flexibility index (Phi) is 3.03. The molecule has 0 amide bonds. The van der Waals surface area contributed by atoms with Crippen LogP contribution in [-0.4, -0.2) is 18.9 Å². The zero-order valence-electron chi connectivity index (χ0n) is 12.4. The summed E-state index contributed by atoms with van der Waals surface area (Å²) >= 11 is 0. The van der Waals surface area contributed by atoms with Crippen LogP contribution in [0.4, 0.5) is 0 Å². The second-order valence-electron chi connectivity index (χ2n) is 6.16. The van der Waals surface area contributed by atoms with Crippen molar-refractivity contribution in [2.75, 3.05) is 13.1 Å². The third kappa shape index (κ3) is 2.46.